The summed E-state index contributed by atoms with van der Waals surface area (Å²) in [7, 11) is 0. The Morgan fingerprint density at radius 2 is 1.74 bits per heavy atom. The van der Waals surface area contributed by atoms with E-state index in [0.717, 1.165) is 0 Å². The number of carbonyl (C=O) groups excluding carboxylic acids is 1. The van der Waals surface area contributed by atoms with E-state index in [2.05, 4.69) is 11.3 Å². The van der Waals surface area contributed by atoms with Gasteiger partial charge in [0.25, 0.3) is 0 Å². The van der Waals surface area contributed by atoms with Crippen LogP contribution in [0.2, 0.25) is 0 Å². The van der Waals surface area contributed by atoms with Gasteiger partial charge in [-0.05, 0) is 0 Å². The van der Waals surface area contributed by atoms with Gasteiger partial charge >= 0.3 is 5.97 Å². The van der Waals surface area contributed by atoms with Crippen LogP contribution in [-0.2, 0) is 19.0 Å². The molecule has 0 aromatic carbocycles. The van der Waals surface area contributed by atoms with Gasteiger partial charge in [0.1, 0.15) is 6.61 Å². The van der Waals surface area contributed by atoms with E-state index < -0.39 is 12.1 Å². The van der Waals surface area contributed by atoms with Crippen LogP contribution < -0.4 is 0 Å². The van der Waals surface area contributed by atoms with Crippen molar-refractivity contribution >= 4 is 5.97 Å². The highest BCUT2D eigenvalue weighted by molar-refractivity contribution is 5.87. The largest absolute Gasteiger partial charge is 0.460 e. The van der Waals surface area contributed by atoms with E-state index in [0.29, 0.717) is 6.61 Å². The second kappa shape index (κ2) is 12.1. The van der Waals surface area contributed by atoms with Crippen molar-refractivity contribution in [1.82, 2.24) is 0 Å². The van der Waals surface area contributed by atoms with E-state index >= 15 is 0 Å². The van der Waals surface area contributed by atoms with Crippen molar-refractivity contribution in [2.45, 2.75) is 12.5 Å². The van der Waals surface area contributed by atoms with E-state index in [9.17, 15) is 4.79 Å². The molecule has 0 heterocycles. The summed E-state index contributed by atoms with van der Waals surface area (Å²) in [4.78, 5) is 11.3. The van der Waals surface area contributed by atoms with Gasteiger partial charge in [0.2, 0.25) is 0 Å². The third-order valence-electron chi connectivity index (χ3n) is 2.11. The molecule has 7 nitrogen and oxygen atoms in total. The Labute approximate surface area is 112 Å². The van der Waals surface area contributed by atoms with E-state index in [-0.39, 0.29) is 51.6 Å². The van der Waals surface area contributed by atoms with Crippen LogP contribution in [0.25, 0.3) is 0 Å². The predicted molar refractivity (Wildman–Crippen MR) is 66.5 cm³/mol. The summed E-state index contributed by atoms with van der Waals surface area (Å²) in [6.45, 7) is 3.65. The number of carbonyl (C=O) groups is 1. The molecule has 0 radical (unpaired) electrons. The first kappa shape index (κ1) is 18.0. The van der Waals surface area contributed by atoms with Gasteiger partial charge in [0.05, 0.1) is 45.7 Å². The predicted octanol–water partition coefficient (Wildman–Crippen LogP) is -1.15. The molecule has 112 valence electrons. The van der Waals surface area contributed by atoms with E-state index in [4.69, 9.17) is 24.8 Å². The summed E-state index contributed by atoms with van der Waals surface area (Å²) in [5.74, 6) is -0.618. The monoisotopic (exact) mass is 278 g/mol. The third kappa shape index (κ3) is 9.57. The molecule has 0 amide bonds. The van der Waals surface area contributed by atoms with Crippen LogP contribution in [0.15, 0.2) is 12.2 Å². The highest BCUT2D eigenvalue weighted by Crippen LogP contribution is 2.08. The van der Waals surface area contributed by atoms with Gasteiger partial charge in [-0.25, -0.2) is 4.79 Å². The Hall–Kier alpha value is -0.990. The standard InChI is InChI=1S/C12H22O7/c1-10(12(16)19-5-3-14)8-11(9-15)18-7-6-17-4-2-13/h11,13-15H,1-9H2. The highest BCUT2D eigenvalue weighted by Gasteiger charge is 2.15. The first-order valence-corrected chi connectivity index (χ1v) is 6.02. The SMILES string of the molecule is C=C(CC(CO)OCCOCCO)C(=O)OCCO. The molecule has 1 unspecified atom stereocenters. The molecule has 0 aromatic rings. The summed E-state index contributed by atoms with van der Waals surface area (Å²) >= 11 is 0. The minimum Gasteiger partial charge on any atom is -0.460 e. The minimum atomic E-state index is -0.618. The lowest BCUT2D eigenvalue weighted by Crippen LogP contribution is -2.23. The number of hydrogen-bond donors (Lipinski definition) is 3. The molecule has 0 saturated heterocycles. The maximum atomic E-state index is 11.3. The number of esters is 1. The number of aliphatic hydroxyl groups is 3. The van der Waals surface area contributed by atoms with Crippen molar-refractivity contribution in [3.63, 3.8) is 0 Å². The van der Waals surface area contributed by atoms with Gasteiger partial charge in [-0.1, -0.05) is 6.58 Å². The lowest BCUT2D eigenvalue weighted by Gasteiger charge is -2.16. The molecule has 0 saturated carbocycles. The van der Waals surface area contributed by atoms with Gasteiger partial charge in [0, 0.05) is 12.0 Å². The molecule has 0 aliphatic rings. The zero-order valence-corrected chi connectivity index (χ0v) is 10.9. The minimum absolute atomic E-state index is 0.0586. The maximum Gasteiger partial charge on any atom is 0.333 e. The van der Waals surface area contributed by atoms with Crippen molar-refractivity contribution in [3.8, 4) is 0 Å². The topological polar surface area (TPSA) is 105 Å². The normalized spacial score (nSPS) is 12.2. The molecule has 0 fully saturated rings. The van der Waals surface area contributed by atoms with Crippen molar-refractivity contribution < 1.29 is 34.3 Å². The lowest BCUT2D eigenvalue weighted by atomic mass is 10.1. The molecule has 19 heavy (non-hydrogen) atoms. The number of hydrogen-bond acceptors (Lipinski definition) is 7. The van der Waals surface area contributed by atoms with Crippen LogP contribution in [0.3, 0.4) is 0 Å². The summed E-state index contributed by atoms with van der Waals surface area (Å²) in [6, 6.07) is 0. The summed E-state index contributed by atoms with van der Waals surface area (Å²) in [5, 5.41) is 26.1. The fraction of sp³-hybridized carbons (Fsp3) is 0.750. The molecule has 0 bridgehead atoms. The molecule has 7 heteroatoms. The molecule has 0 aliphatic carbocycles. The van der Waals surface area contributed by atoms with Crippen LogP contribution in [0.5, 0.6) is 0 Å². The average Bonchev–Trinajstić information content (AvgIpc) is 2.42. The van der Waals surface area contributed by atoms with Crippen LogP contribution in [0, 0.1) is 0 Å². The van der Waals surface area contributed by atoms with E-state index in [1.165, 1.54) is 0 Å². The maximum absolute atomic E-state index is 11.3. The fourth-order valence-corrected chi connectivity index (χ4v) is 1.22. The van der Waals surface area contributed by atoms with Gasteiger partial charge in [-0.3, -0.25) is 0 Å². The van der Waals surface area contributed by atoms with Crippen LogP contribution in [-0.4, -0.2) is 73.6 Å². The van der Waals surface area contributed by atoms with Crippen molar-refractivity contribution in [1.29, 1.82) is 0 Å². The quantitative estimate of drug-likeness (QED) is 0.235. The zero-order valence-electron chi connectivity index (χ0n) is 10.9. The Morgan fingerprint density at radius 1 is 1.05 bits per heavy atom. The number of ether oxygens (including phenoxy) is 3. The number of aliphatic hydroxyl groups excluding tert-OH is 3. The van der Waals surface area contributed by atoms with Gasteiger partial charge in [-0.15, -0.1) is 0 Å². The van der Waals surface area contributed by atoms with Gasteiger partial charge in [-0.2, -0.15) is 0 Å². The van der Waals surface area contributed by atoms with Crippen LogP contribution in [0.1, 0.15) is 6.42 Å². The van der Waals surface area contributed by atoms with Crippen molar-refractivity contribution in [2.24, 2.45) is 0 Å². The molecule has 3 N–H and O–H groups in total. The molecular weight excluding hydrogens is 256 g/mol. The number of rotatable bonds is 12. The fourth-order valence-electron chi connectivity index (χ4n) is 1.22. The third-order valence-corrected chi connectivity index (χ3v) is 2.11. The molecule has 0 aliphatic heterocycles. The Bertz CT molecular complexity index is 254. The zero-order chi connectivity index (χ0) is 14.5. The van der Waals surface area contributed by atoms with Crippen LogP contribution in [0.4, 0.5) is 0 Å². The molecule has 0 spiro atoms. The second-order valence-electron chi connectivity index (χ2n) is 3.68. The first-order chi connectivity index (χ1) is 9.15. The first-order valence-electron chi connectivity index (χ1n) is 6.02. The smallest absolute Gasteiger partial charge is 0.333 e. The second-order valence-corrected chi connectivity index (χ2v) is 3.68. The highest BCUT2D eigenvalue weighted by atomic mass is 16.5. The summed E-state index contributed by atoms with van der Waals surface area (Å²) in [6.07, 6.45) is -0.423. The Kier molecular flexibility index (Phi) is 11.4. The summed E-state index contributed by atoms with van der Waals surface area (Å²) < 4.78 is 15.0. The average molecular weight is 278 g/mol. The van der Waals surface area contributed by atoms with E-state index in [1.807, 2.05) is 0 Å². The van der Waals surface area contributed by atoms with E-state index in [1.54, 1.807) is 0 Å². The lowest BCUT2D eigenvalue weighted by molar-refractivity contribution is -0.140. The molecular formula is C12H22O7. The Morgan fingerprint density at radius 3 is 2.32 bits per heavy atom. The van der Waals surface area contributed by atoms with Crippen LogP contribution >= 0.6 is 0 Å². The van der Waals surface area contributed by atoms with Crippen molar-refractivity contribution in [3.05, 3.63) is 12.2 Å². The van der Waals surface area contributed by atoms with Gasteiger partial charge < -0.3 is 29.5 Å². The molecule has 1 atom stereocenters. The van der Waals surface area contributed by atoms with Crippen molar-refractivity contribution in [2.75, 3.05) is 46.2 Å². The molecule has 0 aromatic heterocycles. The molecule has 0 rings (SSSR count). The Balaban J connectivity index is 3.84. The van der Waals surface area contributed by atoms with Gasteiger partial charge in [0.15, 0.2) is 0 Å². The summed E-state index contributed by atoms with van der Waals surface area (Å²) in [5.41, 5.74) is 0.170.